The maximum absolute atomic E-state index is 13.3. The standard InChI is InChI=1S/C14H16FN3S/c1-4-11-8(2)17-18(9(11)3)13-6-5-10(15)7-12(13)14(16)19/h5-7H,4H2,1-3H3,(H2,16,19). The van der Waals surface area contributed by atoms with E-state index in [0.717, 1.165) is 17.8 Å². The fourth-order valence-corrected chi connectivity index (χ4v) is 2.48. The van der Waals surface area contributed by atoms with Crippen molar-refractivity contribution in [1.29, 1.82) is 0 Å². The highest BCUT2D eigenvalue weighted by molar-refractivity contribution is 7.80. The lowest BCUT2D eigenvalue weighted by atomic mass is 10.1. The summed E-state index contributed by atoms with van der Waals surface area (Å²) in [6.07, 6.45) is 0.904. The quantitative estimate of drug-likeness (QED) is 0.877. The average Bonchev–Trinajstić information content (AvgIpc) is 2.64. The van der Waals surface area contributed by atoms with Gasteiger partial charge in [-0.05, 0) is 44.0 Å². The van der Waals surface area contributed by atoms with Gasteiger partial charge in [-0.25, -0.2) is 9.07 Å². The van der Waals surface area contributed by atoms with Gasteiger partial charge in [-0.3, -0.25) is 0 Å². The van der Waals surface area contributed by atoms with Crippen LogP contribution in [0.1, 0.15) is 29.4 Å². The first kappa shape index (κ1) is 13.7. The summed E-state index contributed by atoms with van der Waals surface area (Å²) in [4.78, 5) is 0.167. The fourth-order valence-electron chi connectivity index (χ4n) is 2.31. The topological polar surface area (TPSA) is 43.8 Å². The van der Waals surface area contributed by atoms with Crippen LogP contribution in [0.2, 0.25) is 0 Å². The highest BCUT2D eigenvalue weighted by Crippen LogP contribution is 2.22. The molecular formula is C14H16FN3S. The van der Waals surface area contributed by atoms with Gasteiger partial charge in [0.15, 0.2) is 0 Å². The van der Waals surface area contributed by atoms with E-state index in [4.69, 9.17) is 18.0 Å². The molecule has 1 heterocycles. The lowest BCUT2D eigenvalue weighted by Crippen LogP contribution is -2.15. The number of hydrogen-bond acceptors (Lipinski definition) is 2. The zero-order valence-corrected chi connectivity index (χ0v) is 12.0. The van der Waals surface area contributed by atoms with E-state index in [1.54, 1.807) is 10.7 Å². The summed E-state index contributed by atoms with van der Waals surface area (Å²) in [7, 11) is 0. The van der Waals surface area contributed by atoms with E-state index in [1.807, 2.05) is 13.8 Å². The van der Waals surface area contributed by atoms with Gasteiger partial charge < -0.3 is 5.73 Å². The van der Waals surface area contributed by atoms with Crippen molar-refractivity contribution in [3.05, 3.63) is 46.5 Å². The maximum atomic E-state index is 13.3. The molecule has 2 N–H and O–H groups in total. The number of nitrogens with zero attached hydrogens (tertiary/aromatic N) is 2. The maximum Gasteiger partial charge on any atom is 0.124 e. The molecule has 2 rings (SSSR count). The minimum atomic E-state index is -0.358. The van der Waals surface area contributed by atoms with Crippen LogP contribution in [0.3, 0.4) is 0 Å². The molecular weight excluding hydrogens is 261 g/mol. The summed E-state index contributed by atoms with van der Waals surface area (Å²) in [5.74, 6) is -0.358. The molecule has 0 atom stereocenters. The molecule has 1 aromatic heterocycles. The van der Waals surface area contributed by atoms with Crippen molar-refractivity contribution in [2.24, 2.45) is 5.73 Å². The zero-order chi connectivity index (χ0) is 14.2. The Morgan fingerprint density at radius 2 is 2.11 bits per heavy atom. The number of aromatic nitrogens is 2. The molecule has 0 aliphatic carbocycles. The first-order valence-electron chi connectivity index (χ1n) is 6.10. The van der Waals surface area contributed by atoms with Crippen molar-refractivity contribution >= 4 is 17.2 Å². The van der Waals surface area contributed by atoms with Crippen molar-refractivity contribution in [3.8, 4) is 5.69 Å². The highest BCUT2D eigenvalue weighted by Gasteiger charge is 2.15. The Morgan fingerprint density at radius 3 is 2.63 bits per heavy atom. The molecule has 0 saturated carbocycles. The molecule has 0 fully saturated rings. The first-order valence-corrected chi connectivity index (χ1v) is 6.51. The first-order chi connectivity index (χ1) is 8.95. The summed E-state index contributed by atoms with van der Waals surface area (Å²) >= 11 is 4.99. The van der Waals surface area contributed by atoms with E-state index in [2.05, 4.69) is 12.0 Å². The highest BCUT2D eigenvalue weighted by atomic mass is 32.1. The monoisotopic (exact) mass is 277 g/mol. The second-order valence-corrected chi connectivity index (χ2v) is 4.88. The molecule has 3 nitrogen and oxygen atoms in total. The normalized spacial score (nSPS) is 10.7. The Bertz CT molecular complexity index is 646. The van der Waals surface area contributed by atoms with Crippen LogP contribution >= 0.6 is 12.2 Å². The van der Waals surface area contributed by atoms with Gasteiger partial charge in [0.2, 0.25) is 0 Å². The van der Waals surface area contributed by atoms with Crippen molar-refractivity contribution < 1.29 is 4.39 Å². The Balaban J connectivity index is 2.69. The second-order valence-electron chi connectivity index (χ2n) is 4.44. The van der Waals surface area contributed by atoms with Crippen LogP contribution in [0.4, 0.5) is 4.39 Å². The minimum absolute atomic E-state index is 0.167. The van der Waals surface area contributed by atoms with Crippen molar-refractivity contribution in [1.82, 2.24) is 9.78 Å². The van der Waals surface area contributed by atoms with Crippen LogP contribution in [-0.2, 0) is 6.42 Å². The summed E-state index contributed by atoms with van der Waals surface area (Å²) in [6, 6.07) is 4.39. The molecule has 100 valence electrons. The molecule has 0 aliphatic rings. The van der Waals surface area contributed by atoms with Gasteiger partial charge in [-0.15, -0.1) is 0 Å². The molecule has 0 saturated heterocycles. The molecule has 0 aliphatic heterocycles. The van der Waals surface area contributed by atoms with Crippen LogP contribution in [0.5, 0.6) is 0 Å². The smallest absolute Gasteiger partial charge is 0.124 e. The Kier molecular flexibility index (Phi) is 3.66. The van der Waals surface area contributed by atoms with Gasteiger partial charge in [0.25, 0.3) is 0 Å². The number of benzene rings is 1. The molecule has 19 heavy (non-hydrogen) atoms. The molecule has 0 bridgehead atoms. The van der Waals surface area contributed by atoms with Crippen LogP contribution in [0, 0.1) is 19.7 Å². The van der Waals surface area contributed by atoms with Crippen LogP contribution in [-0.4, -0.2) is 14.8 Å². The van der Waals surface area contributed by atoms with E-state index in [0.29, 0.717) is 11.3 Å². The summed E-state index contributed by atoms with van der Waals surface area (Å²) in [5.41, 5.74) is 10.1. The van der Waals surface area contributed by atoms with Gasteiger partial charge in [-0.2, -0.15) is 5.10 Å². The van der Waals surface area contributed by atoms with Crippen LogP contribution < -0.4 is 5.73 Å². The molecule has 0 unspecified atom stereocenters. The Hall–Kier alpha value is -1.75. The van der Waals surface area contributed by atoms with Gasteiger partial charge in [-0.1, -0.05) is 19.1 Å². The Labute approximate surface area is 117 Å². The van der Waals surface area contributed by atoms with Gasteiger partial charge in [0, 0.05) is 11.3 Å². The third kappa shape index (κ3) is 2.38. The molecule has 0 radical (unpaired) electrons. The van der Waals surface area contributed by atoms with E-state index in [-0.39, 0.29) is 10.8 Å². The van der Waals surface area contributed by atoms with Crippen molar-refractivity contribution in [2.45, 2.75) is 27.2 Å². The predicted molar refractivity (Wildman–Crippen MR) is 78.3 cm³/mol. The number of nitrogens with two attached hydrogens (primary N) is 1. The summed E-state index contributed by atoms with van der Waals surface area (Å²) in [6.45, 7) is 6.04. The minimum Gasteiger partial charge on any atom is -0.389 e. The van der Waals surface area contributed by atoms with Crippen molar-refractivity contribution in [2.75, 3.05) is 0 Å². The van der Waals surface area contributed by atoms with E-state index in [1.165, 1.54) is 17.7 Å². The van der Waals surface area contributed by atoms with E-state index >= 15 is 0 Å². The lowest BCUT2D eigenvalue weighted by Gasteiger charge is -2.10. The number of rotatable bonds is 3. The Morgan fingerprint density at radius 1 is 1.42 bits per heavy atom. The van der Waals surface area contributed by atoms with E-state index in [9.17, 15) is 4.39 Å². The van der Waals surface area contributed by atoms with E-state index < -0.39 is 0 Å². The zero-order valence-electron chi connectivity index (χ0n) is 11.2. The van der Waals surface area contributed by atoms with Gasteiger partial charge in [0.1, 0.15) is 10.8 Å². The molecule has 0 amide bonds. The summed E-state index contributed by atoms with van der Waals surface area (Å²) in [5, 5.41) is 4.50. The second kappa shape index (κ2) is 5.09. The molecule has 0 spiro atoms. The fraction of sp³-hybridized carbons (Fsp3) is 0.286. The van der Waals surface area contributed by atoms with Crippen LogP contribution in [0.15, 0.2) is 18.2 Å². The molecule has 1 aromatic carbocycles. The molecule has 2 aromatic rings. The lowest BCUT2D eigenvalue weighted by molar-refractivity contribution is 0.626. The number of thiocarbonyl (C=S) groups is 1. The average molecular weight is 277 g/mol. The van der Waals surface area contributed by atoms with Crippen LogP contribution in [0.25, 0.3) is 5.69 Å². The third-order valence-electron chi connectivity index (χ3n) is 3.25. The number of aryl methyl sites for hydroxylation is 1. The number of halogens is 1. The molecule has 5 heteroatoms. The number of hydrogen-bond donors (Lipinski definition) is 1. The SMILES string of the molecule is CCc1c(C)nn(-c2ccc(F)cc2C(N)=S)c1C. The predicted octanol–water partition coefficient (Wildman–Crippen LogP) is 2.82. The summed E-state index contributed by atoms with van der Waals surface area (Å²) < 4.78 is 15.1. The van der Waals surface area contributed by atoms with Gasteiger partial charge >= 0.3 is 0 Å². The van der Waals surface area contributed by atoms with Gasteiger partial charge in [0.05, 0.1) is 11.4 Å². The largest absolute Gasteiger partial charge is 0.389 e. The third-order valence-corrected chi connectivity index (χ3v) is 3.47. The van der Waals surface area contributed by atoms with Crippen molar-refractivity contribution in [3.63, 3.8) is 0 Å².